The van der Waals surface area contributed by atoms with Crippen molar-refractivity contribution in [1.82, 2.24) is 10.2 Å². The fourth-order valence-corrected chi connectivity index (χ4v) is 1.33. The lowest BCUT2D eigenvalue weighted by Gasteiger charge is -2.23. The lowest BCUT2D eigenvalue weighted by atomic mass is 10.2. The third-order valence-electron chi connectivity index (χ3n) is 2.76. The molecule has 0 aromatic heterocycles. The number of hydrogen-bond acceptors (Lipinski definition) is 3. The van der Waals surface area contributed by atoms with Gasteiger partial charge in [-0.15, -0.1) is 0 Å². The standard InChI is InChI=1S/C12H24N2O2/c1-5-11(3)14(4)7-6-13-9-10(2)8-12(15)16/h8,11,13H,5-7,9H2,1-4H3,(H,15,16). The third-order valence-corrected chi connectivity index (χ3v) is 2.76. The topological polar surface area (TPSA) is 52.6 Å². The summed E-state index contributed by atoms with van der Waals surface area (Å²) in [4.78, 5) is 12.7. The van der Waals surface area contributed by atoms with Crippen molar-refractivity contribution >= 4 is 5.97 Å². The molecule has 0 saturated heterocycles. The maximum absolute atomic E-state index is 10.4. The van der Waals surface area contributed by atoms with E-state index in [1.807, 2.05) is 6.92 Å². The molecule has 0 rings (SSSR count). The zero-order valence-corrected chi connectivity index (χ0v) is 10.8. The Morgan fingerprint density at radius 3 is 2.69 bits per heavy atom. The van der Waals surface area contributed by atoms with Crippen LogP contribution in [0, 0.1) is 0 Å². The summed E-state index contributed by atoms with van der Waals surface area (Å²) in [7, 11) is 2.11. The highest BCUT2D eigenvalue weighted by molar-refractivity contribution is 5.80. The summed E-state index contributed by atoms with van der Waals surface area (Å²) in [5.41, 5.74) is 0.846. The first kappa shape index (κ1) is 15.1. The van der Waals surface area contributed by atoms with Crippen molar-refractivity contribution in [3.05, 3.63) is 11.6 Å². The highest BCUT2D eigenvalue weighted by atomic mass is 16.4. The van der Waals surface area contributed by atoms with Crippen LogP contribution in [-0.4, -0.2) is 48.7 Å². The number of likely N-dealkylation sites (N-methyl/N-ethyl adjacent to an activating group) is 1. The second kappa shape index (κ2) is 8.30. The van der Waals surface area contributed by atoms with Crippen LogP contribution in [0.4, 0.5) is 0 Å². The van der Waals surface area contributed by atoms with Crippen molar-refractivity contribution in [3.8, 4) is 0 Å². The highest BCUT2D eigenvalue weighted by Gasteiger charge is 2.05. The van der Waals surface area contributed by atoms with E-state index in [-0.39, 0.29) is 0 Å². The number of hydrogen-bond donors (Lipinski definition) is 2. The summed E-state index contributed by atoms with van der Waals surface area (Å²) in [5.74, 6) is -0.879. The zero-order chi connectivity index (χ0) is 12.6. The first-order valence-corrected chi connectivity index (χ1v) is 5.78. The van der Waals surface area contributed by atoms with Gasteiger partial charge in [-0.25, -0.2) is 4.79 Å². The lowest BCUT2D eigenvalue weighted by Crippen LogP contribution is -2.35. The SMILES string of the molecule is CCC(C)N(C)CCNCC(C)=CC(=O)O. The molecule has 94 valence electrons. The molecule has 2 N–H and O–H groups in total. The van der Waals surface area contributed by atoms with Gasteiger partial charge in [0.1, 0.15) is 0 Å². The monoisotopic (exact) mass is 228 g/mol. The van der Waals surface area contributed by atoms with Crippen LogP contribution in [0.5, 0.6) is 0 Å². The second-order valence-corrected chi connectivity index (χ2v) is 4.24. The molecule has 0 fully saturated rings. The molecule has 16 heavy (non-hydrogen) atoms. The Balaban J connectivity index is 3.64. The van der Waals surface area contributed by atoms with Gasteiger partial charge >= 0.3 is 5.97 Å². The van der Waals surface area contributed by atoms with Crippen LogP contribution < -0.4 is 5.32 Å². The van der Waals surface area contributed by atoms with Crippen molar-refractivity contribution in [2.24, 2.45) is 0 Å². The van der Waals surface area contributed by atoms with E-state index in [2.05, 4.69) is 31.1 Å². The van der Waals surface area contributed by atoms with Gasteiger partial charge in [0, 0.05) is 31.8 Å². The molecule has 0 aromatic rings. The number of carbonyl (C=O) groups is 1. The number of carboxylic acid groups (broad SMARTS) is 1. The molecular weight excluding hydrogens is 204 g/mol. The van der Waals surface area contributed by atoms with Gasteiger partial charge in [-0.05, 0) is 27.3 Å². The van der Waals surface area contributed by atoms with Crippen molar-refractivity contribution in [1.29, 1.82) is 0 Å². The van der Waals surface area contributed by atoms with Gasteiger partial charge in [0.25, 0.3) is 0 Å². The number of carboxylic acids is 1. The van der Waals surface area contributed by atoms with Gasteiger partial charge in [0.05, 0.1) is 0 Å². The Hall–Kier alpha value is -0.870. The summed E-state index contributed by atoms with van der Waals surface area (Å²) in [6, 6.07) is 0.595. The van der Waals surface area contributed by atoms with Gasteiger partial charge in [-0.2, -0.15) is 0 Å². The van der Waals surface area contributed by atoms with E-state index in [0.717, 1.165) is 25.1 Å². The van der Waals surface area contributed by atoms with Crippen molar-refractivity contribution in [2.45, 2.75) is 33.2 Å². The normalized spacial score (nSPS) is 14.2. The van der Waals surface area contributed by atoms with Gasteiger partial charge in [-0.3, -0.25) is 0 Å². The fourth-order valence-electron chi connectivity index (χ4n) is 1.33. The minimum atomic E-state index is -0.879. The van der Waals surface area contributed by atoms with E-state index < -0.39 is 5.97 Å². The quantitative estimate of drug-likeness (QED) is 0.486. The van der Waals surface area contributed by atoms with Gasteiger partial charge < -0.3 is 15.3 Å². The average molecular weight is 228 g/mol. The van der Waals surface area contributed by atoms with Gasteiger partial charge in [-0.1, -0.05) is 12.5 Å². The third kappa shape index (κ3) is 7.43. The Morgan fingerprint density at radius 2 is 2.19 bits per heavy atom. The first-order chi connectivity index (χ1) is 7.47. The van der Waals surface area contributed by atoms with E-state index in [1.165, 1.54) is 6.08 Å². The highest BCUT2D eigenvalue weighted by Crippen LogP contribution is 1.98. The van der Waals surface area contributed by atoms with E-state index in [0.29, 0.717) is 12.6 Å². The Labute approximate surface area is 98.3 Å². The molecule has 1 atom stereocenters. The Bertz CT molecular complexity index is 239. The molecule has 0 aliphatic rings. The molecule has 0 aliphatic carbocycles. The molecule has 4 nitrogen and oxygen atoms in total. The lowest BCUT2D eigenvalue weighted by molar-refractivity contribution is -0.131. The molecule has 0 aliphatic heterocycles. The maximum atomic E-state index is 10.4. The molecular formula is C12H24N2O2. The molecule has 4 heteroatoms. The minimum absolute atomic E-state index is 0.595. The zero-order valence-electron chi connectivity index (χ0n) is 10.8. The van der Waals surface area contributed by atoms with E-state index >= 15 is 0 Å². The fraction of sp³-hybridized carbons (Fsp3) is 0.750. The van der Waals surface area contributed by atoms with Crippen LogP contribution in [0.2, 0.25) is 0 Å². The van der Waals surface area contributed by atoms with E-state index in [1.54, 1.807) is 0 Å². The van der Waals surface area contributed by atoms with Crippen LogP contribution in [0.25, 0.3) is 0 Å². The summed E-state index contributed by atoms with van der Waals surface area (Å²) in [5, 5.41) is 11.7. The predicted octanol–water partition coefficient (Wildman–Crippen LogP) is 1.34. The van der Waals surface area contributed by atoms with Crippen LogP contribution >= 0.6 is 0 Å². The number of aliphatic carboxylic acids is 1. The molecule has 1 unspecified atom stereocenters. The van der Waals surface area contributed by atoms with Crippen LogP contribution in [0.15, 0.2) is 11.6 Å². The van der Waals surface area contributed by atoms with Crippen LogP contribution in [0.1, 0.15) is 27.2 Å². The number of nitrogens with one attached hydrogen (secondary N) is 1. The summed E-state index contributed by atoms with van der Waals surface area (Å²) >= 11 is 0. The Morgan fingerprint density at radius 1 is 1.56 bits per heavy atom. The van der Waals surface area contributed by atoms with Crippen molar-refractivity contribution < 1.29 is 9.90 Å². The molecule has 0 bridgehead atoms. The number of nitrogens with zero attached hydrogens (tertiary/aromatic N) is 1. The average Bonchev–Trinajstić information content (AvgIpc) is 2.21. The van der Waals surface area contributed by atoms with Crippen LogP contribution in [0.3, 0.4) is 0 Å². The molecule has 0 aromatic carbocycles. The van der Waals surface area contributed by atoms with E-state index in [4.69, 9.17) is 5.11 Å². The Kier molecular flexibility index (Phi) is 7.85. The smallest absolute Gasteiger partial charge is 0.328 e. The molecule has 0 amide bonds. The van der Waals surface area contributed by atoms with Gasteiger partial charge in [0.15, 0.2) is 0 Å². The summed E-state index contributed by atoms with van der Waals surface area (Å²) in [6.45, 7) is 8.70. The molecule has 0 heterocycles. The van der Waals surface area contributed by atoms with Crippen molar-refractivity contribution in [3.63, 3.8) is 0 Å². The molecule has 0 spiro atoms. The van der Waals surface area contributed by atoms with Crippen LogP contribution in [-0.2, 0) is 4.79 Å². The molecule has 0 saturated carbocycles. The summed E-state index contributed by atoms with van der Waals surface area (Å²) < 4.78 is 0. The van der Waals surface area contributed by atoms with Gasteiger partial charge in [0.2, 0.25) is 0 Å². The molecule has 0 radical (unpaired) electrons. The largest absolute Gasteiger partial charge is 0.478 e. The summed E-state index contributed by atoms with van der Waals surface area (Å²) in [6.07, 6.45) is 2.39. The minimum Gasteiger partial charge on any atom is -0.478 e. The first-order valence-electron chi connectivity index (χ1n) is 5.78. The van der Waals surface area contributed by atoms with Crippen molar-refractivity contribution in [2.75, 3.05) is 26.7 Å². The maximum Gasteiger partial charge on any atom is 0.328 e. The number of rotatable bonds is 8. The second-order valence-electron chi connectivity index (χ2n) is 4.24. The van der Waals surface area contributed by atoms with E-state index in [9.17, 15) is 4.79 Å². The predicted molar refractivity (Wildman–Crippen MR) is 66.6 cm³/mol.